The van der Waals surface area contributed by atoms with E-state index in [1.54, 1.807) is 30.3 Å². The molecule has 25 heavy (non-hydrogen) atoms. The van der Waals surface area contributed by atoms with Crippen molar-refractivity contribution >= 4 is 58.7 Å². The SMILES string of the molecule is O=C=Nc1cccc(Cl)c1N=C=O.O=C=Nc1ccccc1N=C=O. The van der Waals surface area contributed by atoms with Crippen LogP contribution >= 0.6 is 11.6 Å². The van der Waals surface area contributed by atoms with E-state index in [9.17, 15) is 19.2 Å². The van der Waals surface area contributed by atoms with Gasteiger partial charge in [-0.3, -0.25) is 0 Å². The molecule has 8 nitrogen and oxygen atoms in total. The van der Waals surface area contributed by atoms with Gasteiger partial charge >= 0.3 is 0 Å². The lowest BCUT2D eigenvalue weighted by Crippen LogP contribution is -1.70. The minimum atomic E-state index is 0.127. The number of nitrogens with zero attached hydrogens (tertiary/aromatic N) is 4. The summed E-state index contributed by atoms with van der Waals surface area (Å²) in [7, 11) is 0. The first-order chi connectivity index (χ1) is 12.2. The van der Waals surface area contributed by atoms with E-state index in [4.69, 9.17) is 11.6 Å². The third kappa shape index (κ3) is 6.10. The molecule has 0 heterocycles. The van der Waals surface area contributed by atoms with Gasteiger partial charge in [0.05, 0.1) is 5.02 Å². The zero-order valence-corrected chi connectivity index (χ0v) is 13.1. The van der Waals surface area contributed by atoms with E-state index in [0.717, 1.165) is 0 Å². The van der Waals surface area contributed by atoms with Gasteiger partial charge in [0.15, 0.2) is 0 Å². The van der Waals surface area contributed by atoms with Gasteiger partial charge in [-0.1, -0.05) is 29.8 Å². The van der Waals surface area contributed by atoms with Crippen molar-refractivity contribution in [1.29, 1.82) is 0 Å². The highest BCUT2D eigenvalue weighted by Crippen LogP contribution is 2.34. The van der Waals surface area contributed by atoms with Crippen molar-refractivity contribution in [3.05, 3.63) is 47.5 Å². The molecule has 0 spiro atoms. The number of carbonyl (C=O) groups excluding carboxylic acids is 4. The lowest BCUT2D eigenvalue weighted by atomic mass is 10.3. The number of halogens is 1. The third-order valence-electron chi connectivity index (χ3n) is 2.50. The van der Waals surface area contributed by atoms with Crippen molar-refractivity contribution < 1.29 is 19.2 Å². The van der Waals surface area contributed by atoms with Crippen LogP contribution in [0.3, 0.4) is 0 Å². The maximum absolute atomic E-state index is 9.99. The monoisotopic (exact) mass is 354 g/mol. The highest BCUT2D eigenvalue weighted by molar-refractivity contribution is 6.33. The van der Waals surface area contributed by atoms with Gasteiger partial charge in [0.1, 0.15) is 22.7 Å². The van der Waals surface area contributed by atoms with Gasteiger partial charge in [0.25, 0.3) is 0 Å². The van der Waals surface area contributed by atoms with Crippen LogP contribution in [0.2, 0.25) is 5.02 Å². The van der Waals surface area contributed by atoms with E-state index >= 15 is 0 Å². The van der Waals surface area contributed by atoms with Crippen LogP contribution in [0.25, 0.3) is 0 Å². The van der Waals surface area contributed by atoms with Crippen molar-refractivity contribution in [2.45, 2.75) is 0 Å². The third-order valence-corrected chi connectivity index (χ3v) is 2.81. The summed E-state index contributed by atoms with van der Waals surface area (Å²) in [5, 5.41) is 0.236. The van der Waals surface area contributed by atoms with Crippen molar-refractivity contribution in [1.82, 2.24) is 0 Å². The number of benzene rings is 2. The Morgan fingerprint density at radius 3 is 1.52 bits per heavy atom. The molecule has 2 rings (SSSR count). The Morgan fingerprint density at radius 1 is 0.600 bits per heavy atom. The van der Waals surface area contributed by atoms with Crippen molar-refractivity contribution in [2.24, 2.45) is 20.0 Å². The van der Waals surface area contributed by atoms with Gasteiger partial charge in [0.2, 0.25) is 24.3 Å². The lowest BCUT2D eigenvalue weighted by molar-refractivity contribution is 0.564. The van der Waals surface area contributed by atoms with E-state index in [1.807, 2.05) is 0 Å². The molecule has 0 aromatic heterocycles. The number of para-hydroxylation sites is 3. The highest BCUT2D eigenvalue weighted by Gasteiger charge is 2.04. The molecule has 0 N–H and O–H groups in total. The molecule has 0 amide bonds. The Kier molecular flexibility index (Phi) is 8.41. The Morgan fingerprint density at radius 2 is 1.04 bits per heavy atom. The molecule has 0 aliphatic carbocycles. The average Bonchev–Trinajstić information content (AvgIpc) is 2.61. The van der Waals surface area contributed by atoms with Crippen LogP contribution in [-0.4, -0.2) is 24.3 Å². The Labute approximate surface area is 145 Å². The molecule has 122 valence electrons. The maximum Gasteiger partial charge on any atom is 0.240 e. The van der Waals surface area contributed by atoms with Gasteiger partial charge in [0, 0.05) is 0 Å². The van der Waals surface area contributed by atoms with Gasteiger partial charge in [-0.05, 0) is 24.3 Å². The maximum atomic E-state index is 9.99. The summed E-state index contributed by atoms with van der Waals surface area (Å²) < 4.78 is 0. The standard InChI is InChI=1S/C8H3ClN2O2.C8H4N2O2/c9-6-2-1-3-7(10-4-12)8(6)11-5-13;11-5-9-7-3-1-2-4-8(7)10-6-12/h1-3H;1-4H. The zero-order chi connectivity index (χ0) is 18.5. The molecule has 0 radical (unpaired) electrons. The van der Waals surface area contributed by atoms with Crippen LogP contribution in [0, 0.1) is 0 Å². The van der Waals surface area contributed by atoms with Crippen molar-refractivity contribution in [3.63, 3.8) is 0 Å². The molecule has 0 unspecified atom stereocenters. The fourth-order valence-corrected chi connectivity index (χ4v) is 1.76. The minimum absolute atomic E-state index is 0.127. The molecule has 2 aromatic carbocycles. The molecule has 0 aliphatic rings. The summed E-state index contributed by atoms with van der Waals surface area (Å²) in [6.07, 6.45) is 5.40. The second-order valence-electron chi connectivity index (χ2n) is 3.91. The van der Waals surface area contributed by atoms with E-state index in [0.29, 0.717) is 11.4 Å². The van der Waals surface area contributed by atoms with Crippen LogP contribution in [0.4, 0.5) is 22.7 Å². The normalized spacial score (nSPS) is 8.20. The molecule has 0 saturated carbocycles. The average molecular weight is 355 g/mol. The molecule has 0 atom stereocenters. The first kappa shape index (κ1) is 19.3. The van der Waals surface area contributed by atoms with Crippen LogP contribution in [0.5, 0.6) is 0 Å². The summed E-state index contributed by atoms with van der Waals surface area (Å²) >= 11 is 5.68. The van der Waals surface area contributed by atoms with Gasteiger partial charge in [-0.25, -0.2) is 19.2 Å². The number of isocyanates is 4. The largest absolute Gasteiger partial charge is 0.240 e. The minimum Gasteiger partial charge on any atom is -0.211 e. The smallest absolute Gasteiger partial charge is 0.211 e. The molecule has 0 fully saturated rings. The predicted molar refractivity (Wildman–Crippen MR) is 89.0 cm³/mol. The van der Waals surface area contributed by atoms with E-state index < -0.39 is 0 Å². The Balaban J connectivity index is 0.000000251. The quantitative estimate of drug-likeness (QED) is 0.611. The van der Waals surface area contributed by atoms with Crippen molar-refractivity contribution in [2.75, 3.05) is 0 Å². The molecular weight excluding hydrogens is 348 g/mol. The molecule has 0 aliphatic heterocycles. The van der Waals surface area contributed by atoms with Gasteiger partial charge in [-0.15, -0.1) is 0 Å². The predicted octanol–water partition coefficient (Wildman–Crippen LogP) is 3.90. The number of aliphatic imine (C=N–C) groups is 4. The second-order valence-corrected chi connectivity index (χ2v) is 4.32. The summed E-state index contributed by atoms with van der Waals surface area (Å²) in [6, 6.07) is 11.1. The fourth-order valence-electron chi connectivity index (χ4n) is 1.55. The first-order valence-corrected chi connectivity index (χ1v) is 6.74. The fraction of sp³-hybridized carbons (Fsp3) is 0. The number of rotatable bonds is 4. The van der Waals surface area contributed by atoms with Gasteiger partial charge < -0.3 is 0 Å². The van der Waals surface area contributed by atoms with E-state index in [2.05, 4.69) is 20.0 Å². The molecular formula is C16H7ClN4O4. The molecule has 0 bridgehead atoms. The topological polar surface area (TPSA) is 118 Å². The second kappa shape index (κ2) is 10.9. The Bertz CT molecular complexity index is 913. The van der Waals surface area contributed by atoms with Crippen LogP contribution in [0.15, 0.2) is 62.4 Å². The summed E-state index contributed by atoms with van der Waals surface area (Å²) in [6.45, 7) is 0. The van der Waals surface area contributed by atoms with Crippen LogP contribution < -0.4 is 0 Å². The molecule has 0 saturated heterocycles. The van der Waals surface area contributed by atoms with Gasteiger partial charge in [-0.2, -0.15) is 20.0 Å². The summed E-state index contributed by atoms with van der Waals surface area (Å²) in [5.41, 5.74) is 0.958. The summed E-state index contributed by atoms with van der Waals surface area (Å²) in [4.78, 5) is 53.1. The zero-order valence-electron chi connectivity index (χ0n) is 12.3. The Hall–Kier alpha value is -3.75. The lowest BCUT2D eigenvalue weighted by Gasteiger charge is -1.97. The number of hydrogen-bond acceptors (Lipinski definition) is 8. The van der Waals surface area contributed by atoms with E-state index in [1.165, 1.54) is 36.5 Å². The van der Waals surface area contributed by atoms with Crippen molar-refractivity contribution in [3.8, 4) is 0 Å². The van der Waals surface area contributed by atoms with Crippen LogP contribution in [0.1, 0.15) is 0 Å². The summed E-state index contributed by atoms with van der Waals surface area (Å²) in [5.74, 6) is 0. The van der Waals surface area contributed by atoms with E-state index in [-0.39, 0.29) is 16.4 Å². The molecule has 9 heteroatoms. The van der Waals surface area contributed by atoms with Crippen LogP contribution in [-0.2, 0) is 19.2 Å². The first-order valence-electron chi connectivity index (χ1n) is 6.37. The molecule has 2 aromatic rings. The number of hydrogen-bond donors (Lipinski definition) is 0. The highest BCUT2D eigenvalue weighted by atomic mass is 35.5.